The van der Waals surface area contributed by atoms with Crippen molar-refractivity contribution in [3.8, 4) is 0 Å². The molecule has 0 saturated carbocycles. The summed E-state index contributed by atoms with van der Waals surface area (Å²) in [6.45, 7) is 0.978. The van der Waals surface area contributed by atoms with Gasteiger partial charge in [-0.15, -0.1) is 11.8 Å². The standard InChI is InChI=1S/C16H19NO4S/c18-14(12-4-2-1-3-5-12)10-22-11-15(19)17-8-6-13(7-9-17)16(20)21/h1-5,13H,6-11H2,(H,20,21). The van der Waals surface area contributed by atoms with Gasteiger partial charge in [-0.25, -0.2) is 0 Å². The third kappa shape index (κ3) is 4.59. The molecule has 0 aromatic heterocycles. The topological polar surface area (TPSA) is 74.7 Å². The van der Waals surface area contributed by atoms with Crippen LogP contribution in [0.3, 0.4) is 0 Å². The van der Waals surface area contributed by atoms with E-state index in [0.717, 1.165) is 0 Å². The summed E-state index contributed by atoms with van der Waals surface area (Å²) in [5.74, 6) is -0.582. The number of aliphatic carboxylic acids is 1. The van der Waals surface area contributed by atoms with Gasteiger partial charge >= 0.3 is 5.97 Å². The Morgan fingerprint density at radius 2 is 1.73 bits per heavy atom. The number of Topliss-reactive ketones (excluding diaryl/α,β-unsaturated/α-hetero) is 1. The maximum absolute atomic E-state index is 12.0. The van der Waals surface area contributed by atoms with Gasteiger partial charge in [0.15, 0.2) is 5.78 Å². The number of rotatable bonds is 6. The highest BCUT2D eigenvalue weighted by Crippen LogP contribution is 2.18. The van der Waals surface area contributed by atoms with Gasteiger partial charge in [-0.1, -0.05) is 30.3 Å². The van der Waals surface area contributed by atoms with Crippen LogP contribution in [0.5, 0.6) is 0 Å². The van der Waals surface area contributed by atoms with E-state index in [-0.39, 0.29) is 29.1 Å². The molecule has 1 aliphatic heterocycles. The van der Waals surface area contributed by atoms with Gasteiger partial charge in [-0.2, -0.15) is 0 Å². The van der Waals surface area contributed by atoms with Crippen molar-refractivity contribution in [2.75, 3.05) is 24.6 Å². The van der Waals surface area contributed by atoms with Crippen molar-refractivity contribution in [2.24, 2.45) is 5.92 Å². The van der Waals surface area contributed by atoms with Crippen LogP contribution in [0.15, 0.2) is 30.3 Å². The number of hydrogen-bond donors (Lipinski definition) is 1. The van der Waals surface area contributed by atoms with E-state index < -0.39 is 5.97 Å². The van der Waals surface area contributed by atoms with Crippen molar-refractivity contribution in [1.29, 1.82) is 0 Å². The molecule has 22 heavy (non-hydrogen) atoms. The lowest BCUT2D eigenvalue weighted by Crippen LogP contribution is -2.41. The van der Waals surface area contributed by atoms with Crippen molar-refractivity contribution < 1.29 is 19.5 Å². The van der Waals surface area contributed by atoms with Gasteiger partial charge in [0.25, 0.3) is 0 Å². The molecule has 0 spiro atoms. The average Bonchev–Trinajstić information content (AvgIpc) is 2.55. The fourth-order valence-electron chi connectivity index (χ4n) is 2.41. The SMILES string of the molecule is O=C(CSCC(=O)N1CCC(C(=O)O)CC1)c1ccccc1. The lowest BCUT2D eigenvalue weighted by atomic mass is 9.97. The largest absolute Gasteiger partial charge is 0.481 e. The molecule has 1 amide bonds. The first-order valence-electron chi connectivity index (χ1n) is 7.24. The van der Waals surface area contributed by atoms with E-state index in [0.29, 0.717) is 31.5 Å². The Morgan fingerprint density at radius 1 is 1.09 bits per heavy atom. The minimum atomic E-state index is -0.782. The summed E-state index contributed by atoms with van der Waals surface area (Å²) in [7, 11) is 0. The lowest BCUT2D eigenvalue weighted by molar-refractivity contribution is -0.145. The molecular weight excluding hydrogens is 302 g/mol. The second kappa shape index (κ2) is 7.98. The summed E-state index contributed by atoms with van der Waals surface area (Å²) in [5, 5.41) is 8.93. The molecule has 1 aromatic rings. The van der Waals surface area contributed by atoms with Gasteiger partial charge in [0.2, 0.25) is 5.91 Å². The molecule has 5 nitrogen and oxygen atoms in total. The number of carbonyl (C=O) groups is 3. The average molecular weight is 321 g/mol. The zero-order valence-electron chi connectivity index (χ0n) is 12.2. The quantitative estimate of drug-likeness (QED) is 0.810. The molecule has 1 heterocycles. The Bertz CT molecular complexity index is 538. The van der Waals surface area contributed by atoms with Crippen LogP contribution < -0.4 is 0 Å². The highest BCUT2D eigenvalue weighted by molar-refractivity contribution is 8.00. The summed E-state index contributed by atoms with van der Waals surface area (Å²) < 4.78 is 0. The monoisotopic (exact) mass is 321 g/mol. The Morgan fingerprint density at radius 3 is 2.32 bits per heavy atom. The predicted octanol–water partition coefficient (Wildman–Crippen LogP) is 1.93. The molecule has 2 rings (SSSR count). The molecular formula is C16H19NO4S. The summed E-state index contributed by atoms with van der Waals surface area (Å²) in [6, 6.07) is 9.02. The van der Waals surface area contributed by atoms with E-state index in [1.807, 2.05) is 18.2 Å². The summed E-state index contributed by atoms with van der Waals surface area (Å²) in [4.78, 5) is 36.5. The first-order valence-corrected chi connectivity index (χ1v) is 8.40. The number of nitrogens with zero attached hydrogens (tertiary/aromatic N) is 1. The van der Waals surface area contributed by atoms with Crippen molar-refractivity contribution in [2.45, 2.75) is 12.8 Å². The second-order valence-electron chi connectivity index (χ2n) is 5.28. The molecule has 118 valence electrons. The van der Waals surface area contributed by atoms with Crippen LogP contribution in [0.4, 0.5) is 0 Å². The molecule has 6 heteroatoms. The molecule has 1 fully saturated rings. The number of carboxylic acid groups (broad SMARTS) is 1. The fourth-order valence-corrected chi connectivity index (χ4v) is 3.22. The summed E-state index contributed by atoms with van der Waals surface area (Å²) in [6.07, 6.45) is 1.02. The summed E-state index contributed by atoms with van der Waals surface area (Å²) in [5.41, 5.74) is 0.657. The molecule has 1 saturated heterocycles. The fraction of sp³-hybridized carbons (Fsp3) is 0.438. The van der Waals surface area contributed by atoms with Crippen LogP contribution in [-0.4, -0.2) is 52.3 Å². The highest BCUT2D eigenvalue weighted by Gasteiger charge is 2.26. The zero-order chi connectivity index (χ0) is 15.9. The van der Waals surface area contributed by atoms with E-state index in [2.05, 4.69) is 0 Å². The normalized spacial score (nSPS) is 15.5. The Labute approximate surface area is 133 Å². The van der Waals surface area contributed by atoms with Crippen LogP contribution in [-0.2, 0) is 9.59 Å². The number of hydrogen-bond acceptors (Lipinski definition) is 4. The lowest BCUT2D eigenvalue weighted by Gasteiger charge is -2.30. The molecule has 0 unspecified atom stereocenters. The number of benzene rings is 1. The van der Waals surface area contributed by atoms with Crippen molar-refractivity contribution in [3.05, 3.63) is 35.9 Å². The third-order valence-electron chi connectivity index (χ3n) is 3.75. The van der Waals surface area contributed by atoms with Gasteiger partial charge in [0.05, 0.1) is 17.4 Å². The number of thioether (sulfide) groups is 1. The number of amides is 1. The molecule has 0 radical (unpaired) electrons. The van der Waals surface area contributed by atoms with E-state index in [1.54, 1.807) is 17.0 Å². The van der Waals surface area contributed by atoms with Crippen LogP contribution in [0.1, 0.15) is 23.2 Å². The van der Waals surface area contributed by atoms with Crippen LogP contribution in [0.2, 0.25) is 0 Å². The Balaban J connectivity index is 1.70. The minimum Gasteiger partial charge on any atom is -0.481 e. The summed E-state index contributed by atoms with van der Waals surface area (Å²) >= 11 is 1.31. The molecule has 1 aliphatic rings. The Kier molecular flexibility index (Phi) is 6.00. The molecule has 0 aliphatic carbocycles. The van der Waals surface area contributed by atoms with Crippen molar-refractivity contribution in [3.63, 3.8) is 0 Å². The van der Waals surface area contributed by atoms with Gasteiger partial charge in [-0.05, 0) is 12.8 Å². The van der Waals surface area contributed by atoms with Crippen LogP contribution in [0, 0.1) is 5.92 Å². The van der Waals surface area contributed by atoms with E-state index in [1.165, 1.54) is 11.8 Å². The van der Waals surface area contributed by atoms with Gasteiger partial charge < -0.3 is 10.0 Å². The number of carboxylic acids is 1. The maximum atomic E-state index is 12.0. The van der Waals surface area contributed by atoms with Gasteiger partial charge in [0, 0.05) is 18.7 Å². The number of ketones is 1. The molecule has 0 bridgehead atoms. The van der Waals surface area contributed by atoms with E-state index in [9.17, 15) is 14.4 Å². The third-order valence-corrected chi connectivity index (χ3v) is 4.67. The van der Waals surface area contributed by atoms with E-state index in [4.69, 9.17) is 5.11 Å². The minimum absolute atomic E-state index is 0.0167. The molecule has 1 N–H and O–H groups in total. The zero-order valence-corrected chi connectivity index (χ0v) is 13.1. The molecule has 0 atom stereocenters. The highest BCUT2D eigenvalue weighted by atomic mass is 32.2. The first-order chi connectivity index (χ1) is 10.6. The van der Waals surface area contributed by atoms with Gasteiger partial charge in [-0.3, -0.25) is 14.4 Å². The smallest absolute Gasteiger partial charge is 0.306 e. The first kappa shape index (κ1) is 16.5. The second-order valence-corrected chi connectivity index (χ2v) is 6.26. The van der Waals surface area contributed by atoms with E-state index >= 15 is 0 Å². The maximum Gasteiger partial charge on any atom is 0.306 e. The predicted molar refractivity (Wildman–Crippen MR) is 85.0 cm³/mol. The number of likely N-dealkylation sites (tertiary alicyclic amines) is 1. The van der Waals surface area contributed by atoms with Crippen LogP contribution in [0.25, 0.3) is 0 Å². The number of piperidine rings is 1. The van der Waals surface area contributed by atoms with Gasteiger partial charge in [0.1, 0.15) is 0 Å². The number of carbonyl (C=O) groups excluding carboxylic acids is 2. The molecule has 1 aromatic carbocycles. The van der Waals surface area contributed by atoms with Crippen molar-refractivity contribution >= 4 is 29.4 Å². The Hall–Kier alpha value is -1.82. The van der Waals surface area contributed by atoms with Crippen LogP contribution >= 0.6 is 11.8 Å². The van der Waals surface area contributed by atoms with Crippen molar-refractivity contribution in [1.82, 2.24) is 4.90 Å².